The Kier molecular flexibility index (Phi) is 6.49. The first-order chi connectivity index (χ1) is 12.2. The summed E-state index contributed by atoms with van der Waals surface area (Å²) in [4.78, 5) is 24.5. The number of hydrogen-bond acceptors (Lipinski definition) is 4. The quantitative estimate of drug-likeness (QED) is 0.621. The molecule has 5 nitrogen and oxygen atoms in total. The first-order valence-electron chi connectivity index (χ1n) is 7.85. The van der Waals surface area contributed by atoms with Crippen LogP contribution in [0.15, 0.2) is 60.7 Å². The van der Waals surface area contributed by atoms with E-state index in [2.05, 4.69) is 5.32 Å². The third kappa shape index (κ3) is 5.05. The summed E-state index contributed by atoms with van der Waals surface area (Å²) in [6, 6.07) is 17.8. The van der Waals surface area contributed by atoms with Gasteiger partial charge in [0.2, 0.25) is 5.91 Å². The second-order valence-electron chi connectivity index (χ2n) is 5.13. The summed E-state index contributed by atoms with van der Waals surface area (Å²) in [6.07, 6.45) is 2.82. The largest absolute Gasteiger partial charge is 0.492 e. The van der Waals surface area contributed by atoms with Crippen molar-refractivity contribution in [1.29, 1.82) is 5.26 Å². The van der Waals surface area contributed by atoms with Crippen molar-refractivity contribution >= 4 is 23.5 Å². The Labute approximate surface area is 146 Å². The summed E-state index contributed by atoms with van der Waals surface area (Å²) < 4.78 is 5.42. The van der Waals surface area contributed by atoms with Crippen molar-refractivity contribution in [2.24, 2.45) is 5.92 Å². The van der Waals surface area contributed by atoms with Crippen LogP contribution in [0.1, 0.15) is 12.5 Å². The van der Waals surface area contributed by atoms with Crippen LogP contribution in [0, 0.1) is 17.2 Å². The van der Waals surface area contributed by atoms with E-state index in [0.29, 0.717) is 18.0 Å². The molecule has 0 radical (unpaired) electrons. The van der Waals surface area contributed by atoms with Gasteiger partial charge in [0.25, 0.3) is 0 Å². The Balaban J connectivity index is 2.10. The number of rotatable bonds is 7. The Bertz CT molecular complexity index is 807. The molecule has 0 aromatic heterocycles. The van der Waals surface area contributed by atoms with E-state index < -0.39 is 17.6 Å². The van der Waals surface area contributed by atoms with Crippen LogP contribution >= 0.6 is 0 Å². The molecule has 2 aromatic rings. The molecule has 0 aliphatic heterocycles. The number of nitriles is 1. The van der Waals surface area contributed by atoms with Gasteiger partial charge in [0.15, 0.2) is 11.7 Å². The molecule has 1 N–H and O–H groups in total. The van der Waals surface area contributed by atoms with E-state index in [9.17, 15) is 14.9 Å². The molecule has 25 heavy (non-hydrogen) atoms. The summed E-state index contributed by atoms with van der Waals surface area (Å²) in [5, 5.41) is 11.8. The smallest absolute Gasteiger partial charge is 0.249 e. The van der Waals surface area contributed by atoms with Gasteiger partial charge in [-0.15, -0.1) is 0 Å². The van der Waals surface area contributed by atoms with E-state index in [1.165, 1.54) is 6.08 Å². The maximum absolute atomic E-state index is 12.3. The lowest BCUT2D eigenvalue weighted by atomic mass is 10.0. The van der Waals surface area contributed by atoms with Gasteiger partial charge in [0.1, 0.15) is 5.75 Å². The average molecular weight is 334 g/mol. The number of ketones is 1. The van der Waals surface area contributed by atoms with Gasteiger partial charge in [-0.05, 0) is 30.7 Å². The maximum Gasteiger partial charge on any atom is 0.249 e. The Morgan fingerprint density at radius 2 is 1.84 bits per heavy atom. The van der Waals surface area contributed by atoms with Gasteiger partial charge >= 0.3 is 0 Å². The summed E-state index contributed by atoms with van der Waals surface area (Å²) >= 11 is 0. The van der Waals surface area contributed by atoms with E-state index in [4.69, 9.17) is 4.74 Å². The van der Waals surface area contributed by atoms with Gasteiger partial charge in [-0.1, -0.05) is 48.5 Å². The van der Waals surface area contributed by atoms with Gasteiger partial charge in [-0.25, -0.2) is 0 Å². The van der Waals surface area contributed by atoms with Crippen molar-refractivity contribution in [2.45, 2.75) is 6.92 Å². The van der Waals surface area contributed by atoms with E-state index in [-0.39, 0.29) is 0 Å². The fraction of sp³-hybridized carbons (Fsp3) is 0.150. The Morgan fingerprint density at radius 1 is 1.16 bits per heavy atom. The normalized spacial score (nSPS) is 11.5. The molecule has 126 valence electrons. The first kappa shape index (κ1) is 18.0. The van der Waals surface area contributed by atoms with Crippen LogP contribution in [0.4, 0.5) is 5.69 Å². The molecule has 0 aliphatic carbocycles. The molecule has 0 aliphatic rings. The molecular weight excluding hydrogens is 316 g/mol. The van der Waals surface area contributed by atoms with Gasteiger partial charge in [-0.2, -0.15) is 5.26 Å². The molecule has 1 unspecified atom stereocenters. The number of carbonyl (C=O) groups is 2. The summed E-state index contributed by atoms with van der Waals surface area (Å²) in [5.74, 6) is -2.19. The van der Waals surface area contributed by atoms with E-state index in [0.717, 1.165) is 5.56 Å². The number of amides is 1. The van der Waals surface area contributed by atoms with Crippen molar-refractivity contribution in [3.05, 3.63) is 66.2 Å². The van der Waals surface area contributed by atoms with Crippen molar-refractivity contribution in [2.75, 3.05) is 11.9 Å². The minimum atomic E-state index is -1.42. The molecular formula is C20H18N2O3. The number of para-hydroxylation sites is 2. The Morgan fingerprint density at radius 3 is 2.52 bits per heavy atom. The number of anilines is 1. The summed E-state index contributed by atoms with van der Waals surface area (Å²) in [7, 11) is 0. The van der Waals surface area contributed by atoms with Crippen molar-refractivity contribution in [3.8, 4) is 11.8 Å². The molecule has 2 rings (SSSR count). The van der Waals surface area contributed by atoms with Crippen molar-refractivity contribution < 1.29 is 14.3 Å². The number of ether oxygens (including phenoxy) is 1. The highest BCUT2D eigenvalue weighted by molar-refractivity contribution is 6.14. The fourth-order valence-electron chi connectivity index (χ4n) is 2.15. The summed E-state index contributed by atoms with van der Waals surface area (Å²) in [5.41, 5.74) is 1.24. The molecule has 2 aromatic carbocycles. The SMILES string of the molecule is CCOc1ccccc1NC(=O)C(C#N)C(=O)/C=C/c1ccccc1. The molecule has 0 spiro atoms. The van der Waals surface area contributed by atoms with Crippen LogP contribution in [0.25, 0.3) is 6.08 Å². The minimum Gasteiger partial charge on any atom is -0.492 e. The van der Waals surface area contributed by atoms with Crippen LogP contribution in [-0.4, -0.2) is 18.3 Å². The lowest BCUT2D eigenvalue weighted by molar-refractivity contribution is -0.126. The predicted octanol–water partition coefficient (Wildman–Crippen LogP) is 3.45. The lowest BCUT2D eigenvalue weighted by Crippen LogP contribution is -2.27. The fourth-order valence-corrected chi connectivity index (χ4v) is 2.15. The number of hydrogen-bond donors (Lipinski definition) is 1. The van der Waals surface area contributed by atoms with E-state index in [1.807, 2.05) is 37.3 Å². The Hall–Kier alpha value is -3.39. The molecule has 5 heteroatoms. The van der Waals surface area contributed by atoms with Crippen molar-refractivity contribution in [1.82, 2.24) is 0 Å². The minimum absolute atomic E-state index is 0.425. The third-order valence-corrected chi connectivity index (χ3v) is 3.36. The first-order valence-corrected chi connectivity index (χ1v) is 7.85. The molecule has 1 amide bonds. The van der Waals surface area contributed by atoms with Crippen LogP contribution < -0.4 is 10.1 Å². The van der Waals surface area contributed by atoms with Crippen LogP contribution in [0.2, 0.25) is 0 Å². The zero-order valence-electron chi connectivity index (χ0n) is 13.8. The topological polar surface area (TPSA) is 79.2 Å². The van der Waals surface area contributed by atoms with Crippen molar-refractivity contribution in [3.63, 3.8) is 0 Å². The zero-order valence-corrected chi connectivity index (χ0v) is 13.8. The van der Waals surface area contributed by atoms with E-state index >= 15 is 0 Å². The molecule has 0 saturated carbocycles. The molecule has 1 atom stereocenters. The average Bonchev–Trinajstić information content (AvgIpc) is 2.63. The second-order valence-corrected chi connectivity index (χ2v) is 5.13. The standard InChI is InChI=1S/C20H18N2O3/c1-2-25-19-11-7-6-10-17(19)22-20(24)16(14-21)18(23)13-12-15-8-4-3-5-9-15/h3-13,16H,2H2,1H3,(H,22,24)/b13-12+. The van der Waals surface area contributed by atoms with E-state index in [1.54, 1.807) is 36.4 Å². The zero-order chi connectivity index (χ0) is 18.1. The highest BCUT2D eigenvalue weighted by Gasteiger charge is 2.25. The van der Waals surface area contributed by atoms with Crippen LogP contribution in [-0.2, 0) is 9.59 Å². The molecule has 0 fully saturated rings. The van der Waals surface area contributed by atoms with Gasteiger partial charge in [0, 0.05) is 0 Å². The monoisotopic (exact) mass is 334 g/mol. The van der Waals surface area contributed by atoms with Gasteiger partial charge < -0.3 is 10.1 Å². The highest BCUT2D eigenvalue weighted by Crippen LogP contribution is 2.24. The molecule has 0 saturated heterocycles. The lowest BCUT2D eigenvalue weighted by Gasteiger charge is -2.12. The van der Waals surface area contributed by atoms with Gasteiger partial charge in [-0.3, -0.25) is 9.59 Å². The second kappa shape index (κ2) is 9.04. The predicted molar refractivity (Wildman–Crippen MR) is 95.8 cm³/mol. The third-order valence-electron chi connectivity index (χ3n) is 3.36. The number of nitrogens with zero attached hydrogens (tertiary/aromatic N) is 1. The van der Waals surface area contributed by atoms with Crippen LogP contribution in [0.3, 0.4) is 0 Å². The maximum atomic E-state index is 12.3. The molecule has 0 heterocycles. The number of nitrogens with one attached hydrogen (secondary N) is 1. The number of allylic oxidation sites excluding steroid dienone is 1. The summed E-state index contributed by atoms with van der Waals surface area (Å²) in [6.45, 7) is 2.27. The number of carbonyl (C=O) groups excluding carboxylic acids is 2. The number of benzene rings is 2. The highest BCUT2D eigenvalue weighted by atomic mass is 16.5. The van der Waals surface area contributed by atoms with Gasteiger partial charge in [0.05, 0.1) is 18.4 Å². The molecule has 0 bridgehead atoms. The van der Waals surface area contributed by atoms with Crippen LogP contribution in [0.5, 0.6) is 5.75 Å².